The molecule has 2 heterocycles. The van der Waals surface area contributed by atoms with E-state index in [9.17, 15) is 9.18 Å². The third-order valence-electron chi connectivity index (χ3n) is 5.64. The van der Waals surface area contributed by atoms with Crippen LogP contribution >= 0.6 is 11.8 Å². The van der Waals surface area contributed by atoms with Gasteiger partial charge in [0.05, 0.1) is 11.1 Å². The number of nitrogens with zero attached hydrogens (tertiary/aromatic N) is 2. The van der Waals surface area contributed by atoms with Gasteiger partial charge in [0.2, 0.25) is 5.91 Å². The monoisotopic (exact) mass is 425 g/mol. The van der Waals surface area contributed by atoms with Crippen LogP contribution in [0.2, 0.25) is 0 Å². The molecule has 0 spiro atoms. The molecule has 1 saturated heterocycles. The zero-order chi connectivity index (χ0) is 21.1. The third kappa shape index (κ3) is 4.00. The Balaban J connectivity index is 1.62. The van der Waals surface area contributed by atoms with Crippen LogP contribution in [-0.2, 0) is 22.0 Å². The molecule has 1 aromatic heterocycles. The summed E-state index contributed by atoms with van der Waals surface area (Å²) in [4.78, 5) is 14.5. The van der Waals surface area contributed by atoms with Crippen LogP contribution in [0.15, 0.2) is 64.5 Å². The molecule has 1 aliphatic heterocycles. The largest absolute Gasteiger partial charge is 0.381 e. The van der Waals surface area contributed by atoms with E-state index in [-0.39, 0.29) is 11.7 Å². The Bertz CT molecular complexity index is 1040. The predicted octanol–water partition coefficient (Wildman–Crippen LogP) is 4.17. The van der Waals surface area contributed by atoms with Crippen LogP contribution < -0.4 is 5.32 Å². The highest BCUT2D eigenvalue weighted by molar-refractivity contribution is 7.99. The Morgan fingerprint density at radius 1 is 1.13 bits per heavy atom. The van der Waals surface area contributed by atoms with E-state index >= 15 is 0 Å². The number of halogens is 1. The van der Waals surface area contributed by atoms with Gasteiger partial charge in [-0.1, -0.05) is 23.9 Å². The van der Waals surface area contributed by atoms with E-state index in [1.807, 2.05) is 48.1 Å². The fraction of sp³-hybridized carbons (Fsp3) is 0.304. The molecule has 2 aromatic carbocycles. The fourth-order valence-corrected chi connectivity index (χ4v) is 4.89. The fourth-order valence-electron chi connectivity index (χ4n) is 3.99. The first-order valence-corrected chi connectivity index (χ1v) is 10.7. The number of carbonyl (C=O) groups is 1. The minimum Gasteiger partial charge on any atom is -0.381 e. The van der Waals surface area contributed by atoms with Crippen molar-refractivity contribution in [1.82, 2.24) is 15.1 Å². The lowest BCUT2D eigenvalue weighted by Gasteiger charge is -2.36. The van der Waals surface area contributed by atoms with Crippen molar-refractivity contribution in [2.24, 2.45) is 7.05 Å². The predicted molar refractivity (Wildman–Crippen MR) is 115 cm³/mol. The van der Waals surface area contributed by atoms with E-state index < -0.39 is 5.41 Å². The lowest BCUT2D eigenvalue weighted by atomic mass is 9.73. The van der Waals surface area contributed by atoms with E-state index in [0.29, 0.717) is 31.6 Å². The van der Waals surface area contributed by atoms with Gasteiger partial charge in [0.25, 0.3) is 0 Å². The first-order chi connectivity index (χ1) is 14.5. The van der Waals surface area contributed by atoms with Gasteiger partial charge in [-0.05, 0) is 60.4 Å². The zero-order valence-electron chi connectivity index (χ0n) is 17.0. The van der Waals surface area contributed by atoms with Gasteiger partial charge in [-0.25, -0.2) is 4.39 Å². The second kappa shape index (κ2) is 8.62. The molecule has 4 rings (SSSR count). The Hall–Kier alpha value is -2.64. The maximum atomic E-state index is 14.5. The molecule has 30 heavy (non-hydrogen) atoms. The highest BCUT2D eigenvalue weighted by atomic mass is 32.2. The average Bonchev–Trinajstić information content (AvgIpc) is 3.19. The molecule has 5 nitrogen and oxygen atoms in total. The summed E-state index contributed by atoms with van der Waals surface area (Å²) >= 11 is 1.48. The SMILES string of the molecule is CNC(=O)C1(c2cc(F)cc(Sc3ccc(-c4ccnn4C)cc3)c2)CCOCC1. The zero-order valence-corrected chi connectivity index (χ0v) is 17.8. The van der Waals surface area contributed by atoms with Crippen LogP contribution in [0.4, 0.5) is 4.39 Å². The van der Waals surface area contributed by atoms with E-state index in [1.165, 1.54) is 23.9 Å². The maximum absolute atomic E-state index is 14.5. The lowest BCUT2D eigenvalue weighted by Crippen LogP contribution is -2.47. The molecule has 1 aliphatic rings. The maximum Gasteiger partial charge on any atom is 0.230 e. The molecule has 0 atom stereocenters. The molecule has 0 unspecified atom stereocenters. The van der Waals surface area contributed by atoms with E-state index in [0.717, 1.165) is 21.0 Å². The average molecular weight is 426 g/mol. The van der Waals surface area contributed by atoms with E-state index in [4.69, 9.17) is 4.74 Å². The number of aryl methyl sites for hydroxylation is 1. The lowest BCUT2D eigenvalue weighted by molar-refractivity contribution is -0.130. The molecule has 1 fully saturated rings. The number of carbonyl (C=O) groups excluding carboxylic acids is 1. The number of rotatable bonds is 5. The van der Waals surface area contributed by atoms with Crippen molar-refractivity contribution in [3.05, 3.63) is 66.1 Å². The summed E-state index contributed by atoms with van der Waals surface area (Å²) in [5.41, 5.74) is 2.05. The summed E-state index contributed by atoms with van der Waals surface area (Å²) in [5, 5.41) is 6.96. The summed E-state index contributed by atoms with van der Waals surface area (Å²) in [5.74, 6) is -0.427. The number of amides is 1. The smallest absolute Gasteiger partial charge is 0.230 e. The number of hydrogen-bond acceptors (Lipinski definition) is 4. The molecule has 7 heteroatoms. The Kier molecular flexibility index (Phi) is 5.92. The van der Waals surface area contributed by atoms with Crippen molar-refractivity contribution >= 4 is 17.7 Å². The summed E-state index contributed by atoms with van der Waals surface area (Å²) < 4.78 is 21.8. The van der Waals surface area contributed by atoms with Gasteiger partial charge >= 0.3 is 0 Å². The molecule has 0 radical (unpaired) electrons. The summed E-state index contributed by atoms with van der Waals surface area (Å²) in [6, 6.07) is 15.0. The first kappa shape index (κ1) is 20.6. The van der Waals surface area contributed by atoms with Crippen LogP contribution in [0.1, 0.15) is 18.4 Å². The van der Waals surface area contributed by atoms with Gasteiger partial charge in [0, 0.05) is 43.3 Å². The van der Waals surface area contributed by atoms with Crippen LogP contribution in [0.5, 0.6) is 0 Å². The molecule has 3 aromatic rings. The number of ether oxygens (including phenoxy) is 1. The number of aromatic nitrogens is 2. The third-order valence-corrected chi connectivity index (χ3v) is 6.62. The molecule has 156 valence electrons. The Morgan fingerprint density at radius 3 is 2.50 bits per heavy atom. The molecule has 0 aliphatic carbocycles. The minimum absolute atomic E-state index is 0.0899. The highest BCUT2D eigenvalue weighted by Crippen LogP contribution is 2.39. The first-order valence-electron chi connectivity index (χ1n) is 9.89. The van der Waals surface area contributed by atoms with Gasteiger partial charge in [0.15, 0.2) is 0 Å². The number of nitrogens with one attached hydrogen (secondary N) is 1. The van der Waals surface area contributed by atoms with Crippen LogP contribution in [0.25, 0.3) is 11.3 Å². The quantitative estimate of drug-likeness (QED) is 0.667. The summed E-state index contributed by atoms with van der Waals surface area (Å²) in [6.45, 7) is 0.976. The summed E-state index contributed by atoms with van der Waals surface area (Å²) in [7, 11) is 3.53. The van der Waals surface area contributed by atoms with Crippen molar-refractivity contribution in [1.29, 1.82) is 0 Å². The number of hydrogen-bond donors (Lipinski definition) is 1. The van der Waals surface area contributed by atoms with Gasteiger partial charge in [0.1, 0.15) is 5.82 Å². The van der Waals surface area contributed by atoms with Crippen molar-refractivity contribution in [2.75, 3.05) is 20.3 Å². The Labute approximate surface area is 179 Å². The normalized spacial score (nSPS) is 15.7. The minimum atomic E-state index is -0.756. The van der Waals surface area contributed by atoms with E-state index in [2.05, 4.69) is 10.4 Å². The van der Waals surface area contributed by atoms with Crippen LogP contribution in [-0.4, -0.2) is 35.9 Å². The van der Waals surface area contributed by atoms with Crippen molar-refractivity contribution in [2.45, 2.75) is 28.0 Å². The van der Waals surface area contributed by atoms with Gasteiger partial charge < -0.3 is 10.1 Å². The molecular formula is C23H24FN3O2S. The highest BCUT2D eigenvalue weighted by Gasteiger charge is 2.41. The molecule has 1 N–H and O–H groups in total. The molecule has 0 saturated carbocycles. The molecule has 1 amide bonds. The van der Waals surface area contributed by atoms with Gasteiger partial charge in [-0.15, -0.1) is 0 Å². The van der Waals surface area contributed by atoms with Crippen molar-refractivity contribution < 1.29 is 13.9 Å². The molecular weight excluding hydrogens is 401 g/mol. The van der Waals surface area contributed by atoms with Crippen molar-refractivity contribution in [3.63, 3.8) is 0 Å². The van der Waals surface area contributed by atoms with Gasteiger partial charge in [-0.2, -0.15) is 5.10 Å². The summed E-state index contributed by atoms with van der Waals surface area (Å²) in [6.07, 6.45) is 2.85. The second-order valence-electron chi connectivity index (χ2n) is 7.42. The second-order valence-corrected chi connectivity index (χ2v) is 8.56. The van der Waals surface area contributed by atoms with Gasteiger partial charge in [-0.3, -0.25) is 9.48 Å². The van der Waals surface area contributed by atoms with Crippen LogP contribution in [0.3, 0.4) is 0 Å². The van der Waals surface area contributed by atoms with Crippen LogP contribution in [0, 0.1) is 5.82 Å². The number of likely N-dealkylation sites (N-methyl/N-ethyl adjacent to an activating group) is 1. The Morgan fingerprint density at radius 2 is 1.87 bits per heavy atom. The van der Waals surface area contributed by atoms with E-state index in [1.54, 1.807) is 13.2 Å². The standard InChI is InChI=1S/C23H24FN3O2S/c1-25-22(28)23(8-11-29-12-9-23)17-13-18(24)15-20(14-17)30-19-5-3-16(4-6-19)21-7-10-26-27(21)2/h3-7,10,13-15H,8-9,11-12H2,1-2H3,(H,25,28). The number of benzene rings is 2. The topological polar surface area (TPSA) is 56.2 Å². The van der Waals surface area contributed by atoms with Crippen molar-refractivity contribution in [3.8, 4) is 11.3 Å². The molecule has 0 bridgehead atoms.